The van der Waals surface area contributed by atoms with E-state index < -0.39 is 0 Å². The number of nitrogens with one attached hydrogen (secondary N) is 1. The van der Waals surface area contributed by atoms with Crippen LogP contribution in [-0.4, -0.2) is 36.4 Å². The summed E-state index contributed by atoms with van der Waals surface area (Å²) in [5, 5.41) is 2.90. The van der Waals surface area contributed by atoms with Gasteiger partial charge >= 0.3 is 0 Å². The molecule has 3 rings (SSSR count). The van der Waals surface area contributed by atoms with Gasteiger partial charge in [-0.15, -0.1) is 0 Å². The second-order valence-electron chi connectivity index (χ2n) is 7.25. The van der Waals surface area contributed by atoms with Gasteiger partial charge in [0.05, 0.1) is 5.56 Å². The zero-order chi connectivity index (χ0) is 19.8. The van der Waals surface area contributed by atoms with Crippen molar-refractivity contribution >= 4 is 11.8 Å². The Labute approximate surface area is 166 Å². The summed E-state index contributed by atoms with van der Waals surface area (Å²) in [5.41, 5.74) is 1.46. The number of carbonyl (C=O) groups excluding carboxylic acids is 2. The van der Waals surface area contributed by atoms with Crippen molar-refractivity contribution in [1.82, 2.24) is 10.2 Å². The molecule has 0 aromatic heterocycles. The Balaban J connectivity index is 1.57. The lowest BCUT2D eigenvalue weighted by atomic mass is 9.94. The van der Waals surface area contributed by atoms with Crippen molar-refractivity contribution in [2.45, 2.75) is 44.7 Å². The molecule has 2 aromatic rings. The first-order valence-electron chi connectivity index (χ1n) is 9.95. The number of para-hydroxylation sites is 1. The normalized spacial score (nSPS) is 14.3. The molecule has 1 saturated carbocycles. The summed E-state index contributed by atoms with van der Waals surface area (Å²) in [7, 11) is 1.85. The van der Waals surface area contributed by atoms with Gasteiger partial charge in [0.15, 0.2) is 6.61 Å². The van der Waals surface area contributed by atoms with E-state index in [0.717, 1.165) is 18.4 Å². The monoisotopic (exact) mass is 380 g/mol. The van der Waals surface area contributed by atoms with Gasteiger partial charge in [0.2, 0.25) is 0 Å². The first kappa shape index (κ1) is 19.9. The van der Waals surface area contributed by atoms with E-state index in [1.807, 2.05) is 37.4 Å². The predicted octanol–water partition coefficient (Wildman–Crippen LogP) is 3.79. The number of hydrogen-bond acceptors (Lipinski definition) is 3. The highest BCUT2D eigenvalue weighted by Gasteiger charge is 2.22. The van der Waals surface area contributed by atoms with Gasteiger partial charge in [-0.25, -0.2) is 0 Å². The SMILES string of the molecule is CN(C(=O)COc1ccccc1C(=O)NCc1ccccc1)C1CCCCC1. The van der Waals surface area contributed by atoms with Crippen molar-refractivity contribution in [3.63, 3.8) is 0 Å². The smallest absolute Gasteiger partial charge is 0.260 e. The third-order valence-corrected chi connectivity index (χ3v) is 5.29. The largest absolute Gasteiger partial charge is 0.483 e. The van der Waals surface area contributed by atoms with Crippen LogP contribution in [0.1, 0.15) is 48.0 Å². The minimum Gasteiger partial charge on any atom is -0.483 e. The third-order valence-electron chi connectivity index (χ3n) is 5.29. The fourth-order valence-corrected chi connectivity index (χ4v) is 3.57. The number of benzene rings is 2. The van der Waals surface area contributed by atoms with Gasteiger partial charge in [-0.05, 0) is 30.5 Å². The fourth-order valence-electron chi connectivity index (χ4n) is 3.57. The molecule has 2 amide bonds. The van der Waals surface area contributed by atoms with E-state index in [0.29, 0.717) is 23.9 Å². The van der Waals surface area contributed by atoms with Crippen LogP contribution in [0.15, 0.2) is 54.6 Å². The number of amides is 2. The molecular formula is C23H28N2O3. The zero-order valence-electron chi connectivity index (χ0n) is 16.4. The van der Waals surface area contributed by atoms with Crippen molar-refractivity contribution in [3.8, 4) is 5.75 Å². The number of carbonyl (C=O) groups is 2. The van der Waals surface area contributed by atoms with E-state index in [1.54, 1.807) is 29.2 Å². The van der Waals surface area contributed by atoms with Crippen LogP contribution in [0.25, 0.3) is 0 Å². The maximum absolute atomic E-state index is 12.6. The summed E-state index contributed by atoms with van der Waals surface area (Å²) in [6, 6.07) is 17.1. The Hall–Kier alpha value is -2.82. The zero-order valence-corrected chi connectivity index (χ0v) is 16.4. The lowest BCUT2D eigenvalue weighted by molar-refractivity contribution is -0.134. The fraction of sp³-hybridized carbons (Fsp3) is 0.391. The highest BCUT2D eigenvalue weighted by Crippen LogP contribution is 2.22. The van der Waals surface area contributed by atoms with Gasteiger partial charge in [-0.2, -0.15) is 0 Å². The number of ether oxygens (including phenoxy) is 1. The molecule has 0 saturated heterocycles. The lowest BCUT2D eigenvalue weighted by Gasteiger charge is -2.31. The number of likely N-dealkylation sites (N-methyl/N-ethyl adjacent to an activating group) is 1. The van der Waals surface area contributed by atoms with Crippen LogP contribution in [0, 0.1) is 0 Å². The molecule has 0 spiro atoms. The molecule has 1 N–H and O–H groups in total. The van der Waals surface area contributed by atoms with Crippen molar-refractivity contribution in [2.75, 3.05) is 13.7 Å². The van der Waals surface area contributed by atoms with Crippen molar-refractivity contribution in [1.29, 1.82) is 0 Å². The third kappa shape index (κ3) is 5.35. The molecule has 1 aliphatic carbocycles. The van der Waals surface area contributed by atoms with Crippen molar-refractivity contribution in [3.05, 3.63) is 65.7 Å². The summed E-state index contributed by atoms with van der Waals surface area (Å²) >= 11 is 0. The second kappa shape index (κ2) is 9.93. The summed E-state index contributed by atoms with van der Waals surface area (Å²) < 4.78 is 5.73. The van der Waals surface area contributed by atoms with E-state index in [4.69, 9.17) is 4.74 Å². The average molecular weight is 380 g/mol. The van der Waals surface area contributed by atoms with Gasteiger partial charge in [0, 0.05) is 19.6 Å². The van der Waals surface area contributed by atoms with Gasteiger partial charge < -0.3 is 15.0 Å². The molecule has 148 valence electrons. The summed E-state index contributed by atoms with van der Waals surface area (Å²) in [6.07, 6.45) is 5.71. The molecule has 1 fully saturated rings. The van der Waals surface area contributed by atoms with Gasteiger partial charge in [0.25, 0.3) is 11.8 Å². The minimum atomic E-state index is -0.215. The number of rotatable bonds is 7. The Bertz CT molecular complexity index is 785. The predicted molar refractivity (Wildman–Crippen MR) is 109 cm³/mol. The van der Waals surface area contributed by atoms with Crippen molar-refractivity contribution < 1.29 is 14.3 Å². The lowest BCUT2D eigenvalue weighted by Crippen LogP contribution is -2.40. The maximum Gasteiger partial charge on any atom is 0.260 e. The Morgan fingerprint density at radius 2 is 1.68 bits per heavy atom. The first-order chi connectivity index (χ1) is 13.6. The summed E-state index contributed by atoms with van der Waals surface area (Å²) in [4.78, 5) is 26.9. The highest BCUT2D eigenvalue weighted by molar-refractivity contribution is 5.97. The molecule has 5 heteroatoms. The van der Waals surface area contributed by atoms with Crippen LogP contribution in [0.5, 0.6) is 5.75 Å². The van der Waals surface area contributed by atoms with Crippen LogP contribution < -0.4 is 10.1 Å². The Kier molecular flexibility index (Phi) is 7.06. The topological polar surface area (TPSA) is 58.6 Å². The molecule has 0 unspecified atom stereocenters. The summed E-state index contributed by atoms with van der Waals surface area (Å²) in [6.45, 7) is 0.382. The van der Waals surface area contributed by atoms with Gasteiger partial charge in [-0.1, -0.05) is 61.7 Å². The van der Waals surface area contributed by atoms with Crippen LogP contribution >= 0.6 is 0 Å². The van der Waals surface area contributed by atoms with Crippen LogP contribution in [-0.2, 0) is 11.3 Å². The van der Waals surface area contributed by atoms with Gasteiger partial charge in [-0.3, -0.25) is 9.59 Å². The molecule has 0 heterocycles. The van der Waals surface area contributed by atoms with E-state index in [9.17, 15) is 9.59 Å². The van der Waals surface area contributed by atoms with E-state index in [2.05, 4.69) is 5.32 Å². The highest BCUT2D eigenvalue weighted by atomic mass is 16.5. The van der Waals surface area contributed by atoms with E-state index >= 15 is 0 Å². The van der Waals surface area contributed by atoms with Crippen LogP contribution in [0.4, 0.5) is 0 Å². The molecule has 28 heavy (non-hydrogen) atoms. The number of nitrogens with zero attached hydrogens (tertiary/aromatic N) is 1. The maximum atomic E-state index is 12.6. The number of hydrogen-bond donors (Lipinski definition) is 1. The quantitative estimate of drug-likeness (QED) is 0.795. The van der Waals surface area contributed by atoms with Crippen LogP contribution in [0.2, 0.25) is 0 Å². The standard InChI is InChI=1S/C23H28N2O3/c1-25(19-12-6-3-7-13-19)22(26)17-28-21-15-9-8-14-20(21)23(27)24-16-18-10-4-2-5-11-18/h2,4-5,8-11,14-15,19H,3,6-7,12-13,16-17H2,1H3,(H,24,27). The molecule has 0 atom stereocenters. The van der Waals surface area contributed by atoms with E-state index in [-0.39, 0.29) is 18.4 Å². The van der Waals surface area contributed by atoms with Gasteiger partial charge in [0.1, 0.15) is 5.75 Å². The molecular weight excluding hydrogens is 352 g/mol. The molecule has 0 bridgehead atoms. The molecule has 2 aromatic carbocycles. The first-order valence-corrected chi connectivity index (χ1v) is 9.95. The Morgan fingerprint density at radius 3 is 2.43 bits per heavy atom. The molecule has 1 aliphatic rings. The van der Waals surface area contributed by atoms with Crippen LogP contribution in [0.3, 0.4) is 0 Å². The molecule has 0 radical (unpaired) electrons. The average Bonchev–Trinajstić information content (AvgIpc) is 2.76. The minimum absolute atomic E-state index is 0.0496. The van der Waals surface area contributed by atoms with E-state index in [1.165, 1.54) is 19.3 Å². The van der Waals surface area contributed by atoms with Crippen molar-refractivity contribution in [2.24, 2.45) is 0 Å². The second-order valence-corrected chi connectivity index (χ2v) is 7.25. The Morgan fingerprint density at radius 1 is 1.00 bits per heavy atom. The molecule has 5 nitrogen and oxygen atoms in total. The molecule has 0 aliphatic heterocycles. The summed E-state index contributed by atoms with van der Waals surface area (Å²) in [5.74, 6) is 0.164.